The summed E-state index contributed by atoms with van der Waals surface area (Å²) >= 11 is 2.23. The van der Waals surface area contributed by atoms with Crippen LogP contribution in [0.3, 0.4) is 0 Å². The van der Waals surface area contributed by atoms with Gasteiger partial charge in [-0.3, -0.25) is 14.5 Å². The molecule has 1 aromatic heterocycles. The molecule has 1 atom stereocenters. The van der Waals surface area contributed by atoms with E-state index in [1.165, 1.54) is 0 Å². The van der Waals surface area contributed by atoms with Crippen molar-refractivity contribution in [2.75, 3.05) is 30.3 Å². The minimum atomic E-state index is -0.132. The number of piperidine rings is 1. The largest absolute Gasteiger partial charge is 0.325 e. The Morgan fingerprint density at radius 2 is 1.96 bits per heavy atom. The van der Waals surface area contributed by atoms with Crippen LogP contribution >= 0.6 is 22.6 Å². The molecule has 6 nitrogen and oxygen atoms in total. The van der Waals surface area contributed by atoms with E-state index in [1.54, 1.807) is 6.07 Å². The van der Waals surface area contributed by atoms with Crippen molar-refractivity contribution in [2.24, 2.45) is 5.92 Å². The Hall–Kier alpha value is -2.00. The molecular weight excluding hydrogens is 455 g/mol. The smallest absolute Gasteiger partial charge is 0.238 e. The molecule has 142 valence electrons. The van der Waals surface area contributed by atoms with Crippen molar-refractivity contribution in [2.45, 2.75) is 19.8 Å². The van der Waals surface area contributed by atoms with Gasteiger partial charge >= 0.3 is 0 Å². The average Bonchev–Trinajstić information content (AvgIpc) is 2.64. The van der Waals surface area contributed by atoms with Gasteiger partial charge in [-0.15, -0.1) is 0 Å². The van der Waals surface area contributed by atoms with Crippen LogP contribution in [0.25, 0.3) is 0 Å². The van der Waals surface area contributed by atoms with Gasteiger partial charge < -0.3 is 10.6 Å². The van der Waals surface area contributed by atoms with Crippen molar-refractivity contribution in [3.63, 3.8) is 0 Å². The Balaban J connectivity index is 1.51. The molecule has 1 aliphatic heterocycles. The molecule has 0 saturated carbocycles. The van der Waals surface area contributed by atoms with Crippen LogP contribution in [0, 0.1) is 16.4 Å². The molecule has 1 fully saturated rings. The molecule has 1 aliphatic rings. The summed E-state index contributed by atoms with van der Waals surface area (Å²) < 4.78 is 1.12. The van der Waals surface area contributed by atoms with E-state index in [2.05, 4.69) is 38.2 Å². The van der Waals surface area contributed by atoms with Gasteiger partial charge in [0.2, 0.25) is 11.8 Å². The highest BCUT2D eigenvalue weighted by Gasteiger charge is 2.27. The third-order valence-corrected chi connectivity index (χ3v) is 5.23. The molecule has 2 N–H and O–H groups in total. The number of hydrogen-bond donors (Lipinski definition) is 2. The number of halogens is 1. The van der Waals surface area contributed by atoms with Gasteiger partial charge in [0, 0.05) is 21.5 Å². The van der Waals surface area contributed by atoms with Crippen LogP contribution in [0.4, 0.5) is 11.5 Å². The molecular formula is C20H23IN4O2. The van der Waals surface area contributed by atoms with Crippen LogP contribution in [-0.2, 0) is 9.59 Å². The molecule has 0 spiro atoms. The Labute approximate surface area is 172 Å². The normalized spacial score (nSPS) is 17.3. The fourth-order valence-corrected chi connectivity index (χ4v) is 3.55. The van der Waals surface area contributed by atoms with Gasteiger partial charge in [0.1, 0.15) is 5.82 Å². The van der Waals surface area contributed by atoms with Crippen molar-refractivity contribution in [1.82, 2.24) is 9.88 Å². The summed E-state index contributed by atoms with van der Waals surface area (Å²) in [4.78, 5) is 31.2. The number of likely N-dealkylation sites (tertiary alicyclic amines) is 1. The molecule has 2 aromatic rings. The van der Waals surface area contributed by atoms with E-state index >= 15 is 0 Å². The second-order valence-corrected chi connectivity index (χ2v) is 8.03. The van der Waals surface area contributed by atoms with Gasteiger partial charge in [0.15, 0.2) is 0 Å². The van der Waals surface area contributed by atoms with Crippen LogP contribution in [0.1, 0.15) is 18.5 Å². The van der Waals surface area contributed by atoms with E-state index in [0.29, 0.717) is 18.9 Å². The van der Waals surface area contributed by atoms with Gasteiger partial charge in [-0.2, -0.15) is 0 Å². The number of aromatic nitrogens is 1. The molecule has 7 heteroatoms. The summed E-state index contributed by atoms with van der Waals surface area (Å²) in [7, 11) is 0. The summed E-state index contributed by atoms with van der Waals surface area (Å²) in [6, 6.07) is 13.2. The predicted molar refractivity (Wildman–Crippen MR) is 115 cm³/mol. The number of anilines is 2. The van der Waals surface area contributed by atoms with Crippen molar-refractivity contribution < 1.29 is 9.59 Å². The number of pyridine rings is 1. The predicted octanol–water partition coefficient (Wildman–Crippen LogP) is 3.28. The molecule has 1 saturated heterocycles. The fourth-order valence-electron chi connectivity index (χ4n) is 3.19. The van der Waals surface area contributed by atoms with Crippen molar-refractivity contribution in [3.8, 4) is 0 Å². The van der Waals surface area contributed by atoms with Crippen molar-refractivity contribution in [1.29, 1.82) is 0 Å². The first kappa shape index (κ1) is 19.8. The molecule has 2 heterocycles. The Bertz CT molecular complexity index is 810. The third-order valence-electron chi connectivity index (χ3n) is 4.51. The van der Waals surface area contributed by atoms with Crippen molar-refractivity contribution >= 4 is 45.9 Å². The van der Waals surface area contributed by atoms with E-state index < -0.39 is 0 Å². The summed E-state index contributed by atoms with van der Waals surface area (Å²) in [6.07, 6.45) is 1.73. The highest BCUT2D eigenvalue weighted by molar-refractivity contribution is 14.1. The minimum absolute atomic E-state index is 0.0316. The quantitative estimate of drug-likeness (QED) is 0.648. The van der Waals surface area contributed by atoms with E-state index in [0.717, 1.165) is 34.3 Å². The molecule has 0 aliphatic carbocycles. The topological polar surface area (TPSA) is 74.3 Å². The Kier molecular flexibility index (Phi) is 6.78. The lowest BCUT2D eigenvalue weighted by molar-refractivity contribution is -0.123. The maximum atomic E-state index is 12.6. The first-order valence-corrected chi connectivity index (χ1v) is 10.1. The zero-order valence-electron chi connectivity index (χ0n) is 15.2. The molecule has 27 heavy (non-hydrogen) atoms. The standard InChI is InChI=1S/C20H23IN4O2/c1-14-4-2-6-18(22-14)24-20(27)15-5-3-11-25(12-15)13-19(26)23-17-9-7-16(21)8-10-17/h2,4,6-10,15H,3,5,11-13H2,1H3,(H,23,26)(H,22,24,27). The van der Waals surface area contributed by atoms with E-state index in [-0.39, 0.29) is 17.7 Å². The summed E-state index contributed by atoms with van der Waals surface area (Å²) in [5.74, 6) is 0.356. The van der Waals surface area contributed by atoms with E-state index in [4.69, 9.17) is 0 Å². The molecule has 1 aromatic carbocycles. The van der Waals surface area contributed by atoms with Crippen LogP contribution in [0.2, 0.25) is 0 Å². The van der Waals surface area contributed by atoms with Crippen molar-refractivity contribution in [3.05, 3.63) is 51.7 Å². The van der Waals surface area contributed by atoms with Crippen LogP contribution < -0.4 is 10.6 Å². The van der Waals surface area contributed by atoms with E-state index in [9.17, 15) is 9.59 Å². The highest BCUT2D eigenvalue weighted by Crippen LogP contribution is 2.19. The number of amides is 2. The zero-order chi connectivity index (χ0) is 19.2. The van der Waals surface area contributed by atoms with Crippen LogP contribution in [0.15, 0.2) is 42.5 Å². The average molecular weight is 478 g/mol. The summed E-state index contributed by atoms with van der Waals surface area (Å²) in [5.41, 5.74) is 1.66. The number of benzene rings is 1. The number of nitrogens with one attached hydrogen (secondary N) is 2. The first-order valence-electron chi connectivity index (χ1n) is 9.02. The first-order chi connectivity index (χ1) is 13.0. The lowest BCUT2D eigenvalue weighted by Crippen LogP contribution is -2.44. The molecule has 3 rings (SSSR count). The van der Waals surface area contributed by atoms with E-state index in [1.807, 2.05) is 48.2 Å². The number of rotatable bonds is 5. The lowest BCUT2D eigenvalue weighted by Gasteiger charge is -2.31. The monoisotopic (exact) mass is 478 g/mol. The Morgan fingerprint density at radius 1 is 1.19 bits per heavy atom. The maximum absolute atomic E-state index is 12.6. The number of carbonyl (C=O) groups is 2. The highest BCUT2D eigenvalue weighted by atomic mass is 127. The number of nitrogens with zero attached hydrogens (tertiary/aromatic N) is 2. The number of carbonyl (C=O) groups excluding carboxylic acids is 2. The van der Waals surface area contributed by atoms with Crippen LogP contribution in [-0.4, -0.2) is 41.3 Å². The minimum Gasteiger partial charge on any atom is -0.325 e. The van der Waals surface area contributed by atoms with Gasteiger partial charge in [0.05, 0.1) is 12.5 Å². The zero-order valence-corrected chi connectivity index (χ0v) is 17.4. The third kappa shape index (κ3) is 6.00. The van der Waals surface area contributed by atoms with Gasteiger partial charge in [0.25, 0.3) is 0 Å². The van der Waals surface area contributed by atoms with Crippen LogP contribution in [0.5, 0.6) is 0 Å². The number of hydrogen-bond acceptors (Lipinski definition) is 4. The Morgan fingerprint density at radius 3 is 2.70 bits per heavy atom. The fraction of sp³-hybridized carbons (Fsp3) is 0.350. The maximum Gasteiger partial charge on any atom is 0.238 e. The van der Waals surface area contributed by atoms with Gasteiger partial charge in [-0.25, -0.2) is 4.98 Å². The molecule has 1 unspecified atom stereocenters. The summed E-state index contributed by atoms with van der Waals surface area (Å²) in [6.45, 7) is 3.59. The number of aryl methyl sites for hydroxylation is 1. The lowest BCUT2D eigenvalue weighted by atomic mass is 9.97. The second-order valence-electron chi connectivity index (χ2n) is 6.78. The van der Waals surface area contributed by atoms with Gasteiger partial charge in [-0.1, -0.05) is 6.07 Å². The molecule has 0 bridgehead atoms. The SMILES string of the molecule is Cc1cccc(NC(=O)C2CCCN(CC(=O)Nc3ccc(I)cc3)C2)n1. The second kappa shape index (κ2) is 9.27. The van der Waals surface area contributed by atoms with Gasteiger partial charge in [-0.05, 0) is 85.3 Å². The molecule has 2 amide bonds. The molecule has 0 radical (unpaired) electrons. The summed E-state index contributed by atoms with van der Waals surface area (Å²) in [5, 5.41) is 5.81.